The van der Waals surface area contributed by atoms with Gasteiger partial charge in [-0.3, -0.25) is 0 Å². The van der Waals surface area contributed by atoms with E-state index in [0.29, 0.717) is 0 Å². The first-order valence-electron chi connectivity index (χ1n) is 8.60. The summed E-state index contributed by atoms with van der Waals surface area (Å²) < 4.78 is 7.65. The molecule has 0 unspecified atom stereocenters. The molecule has 5 nitrogen and oxygen atoms in total. The van der Waals surface area contributed by atoms with Gasteiger partial charge in [-0.05, 0) is 37.6 Å². The molecule has 0 amide bonds. The van der Waals surface area contributed by atoms with Crippen molar-refractivity contribution in [3.05, 3.63) is 34.5 Å². The fraction of sp³-hybridized carbons (Fsp3) is 0.444. The van der Waals surface area contributed by atoms with Crippen molar-refractivity contribution < 1.29 is 4.74 Å². The predicted octanol–water partition coefficient (Wildman–Crippen LogP) is 3.09. The average molecular weight is 340 g/mol. The molecule has 1 aliphatic heterocycles. The Balaban J connectivity index is 1.79. The van der Waals surface area contributed by atoms with Crippen LogP contribution in [0.2, 0.25) is 0 Å². The van der Waals surface area contributed by atoms with E-state index in [-0.39, 0.29) is 0 Å². The number of anilines is 1. The molecule has 0 atom stereocenters. The van der Waals surface area contributed by atoms with E-state index in [4.69, 9.17) is 14.8 Å². The Morgan fingerprint density at radius 2 is 2.08 bits per heavy atom. The first-order chi connectivity index (χ1) is 11.8. The fourth-order valence-electron chi connectivity index (χ4n) is 3.92. The Morgan fingerprint density at radius 1 is 1.21 bits per heavy atom. The van der Waals surface area contributed by atoms with Gasteiger partial charge in [0.25, 0.3) is 0 Å². The van der Waals surface area contributed by atoms with Crippen LogP contribution in [0, 0.1) is 6.92 Å². The zero-order valence-electron chi connectivity index (χ0n) is 13.8. The molecule has 2 aliphatic rings. The Hall–Kier alpha value is -1.92. The van der Waals surface area contributed by atoms with E-state index >= 15 is 0 Å². The summed E-state index contributed by atoms with van der Waals surface area (Å²) in [6, 6.07) is 4.26. The molecular formula is C18H20N4OS. The molecule has 6 heteroatoms. The Morgan fingerprint density at radius 3 is 2.88 bits per heavy atom. The van der Waals surface area contributed by atoms with Gasteiger partial charge in [-0.15, -0.1) is 11.3 Å². The quantitative estimate of drug-likeness (QED) is 0.719. The van der Waals surface area contributed by atoms with Crippen molar-refractivity contribution in [2.45, 2.75) is 26.2 Å². The summed E-state index contributed by atoms with van der Waals surface area (Å²) in [5.41, 5.74) is 5.92. The molecule has 0 spiro atoms. The van der Waals surface area contributed by atoms with Gasteiger partial charge < -0.3 is 9.64 Å². The van der Waals surface area contributed by atoms with Crippen molar-refractivity contribution in [1.29, 1.82) is 0 Å². The highest BCUT2D eigenvalue weighted by Gasteiger charge is 2.27. The largest absolute Gasteiger partial charge is 0.378 e. The van der Waals surface area contributed by atoms with Crippen molar-refractivity contribution >= 4 is 22.8 Å². The van der Waals surface area contributed by atoms with Gasteiger partial charge in [-0.25, -0.2) is 4.98 Å². The minimum absolute atomic E-state index is 0.788. The van der Waals surface area contributed by atoms with E-state index in [1.807, 2.05) is 0 Å². The van der Waals surface area contributed by atoms with Crippen molar-refractivity contribution in [2.24, 2.45) is 0 Å². The first-order valence-corrected chi connectivity index (χ1v) is 9.48. The Bertz CT molecular complexity index is 894. The summed E-state index contributed by atoms with van der Waals surface area (Å²) >= 11 is 1.76. The summed E-state index contributed by atoms with van der Waals surface area (Å²) in [6.07, 6.45) is 3.38. The molecule has 4 heterocycles. The third-order valence-electron chi connectivity index (χ3n) is 5.01. The van der Waals surface area contributed by atoms with Gasteiger partial charge >= 0.3 is 0 Å². The lowest BCUT2D eigenvalue weighted by Crippen LogP contribution is -2.38. The molecule has 0 N–H and O–H groups in total. The molecule has 5 rings (SSSR count). The highest BCUT2D eigenvalue weighted by atomic mass is 32.1. The first kappa shape index (κ1) is 14.4. The van der Waals surface area contributed by atoms with Gasteiger partial charge in [0, 0.05) is 29.2 Å². The van der Waals surface area contributed by atoms with Crippen LogP contribution in [0.15, 0.2) is 17.5 Å². The number of nitrogens with zero attached hydrogens (tertiary/aromatic N) is 4. The van der Waals surface area contributed by atoms with E-state index < -0.39 is 0 Å². The maximum atomic E-state index is 5.56. The zero-order chi connectivity index (χ0) is 16.1. The van der Waals surface area contributed by atoms with E-state index in [1.54, 1.807) is 11.3 Å². The number of hydrogen-bond acceptors (Lipinski definition) is 5. The zero-order valence-corrected chi connectivity index (χ0v) is 14.6. The Kier molecular flexibility index (Phi) is 3.35. The van der Waals surface area contributed by atoms with Crippen LogP contribution in [0.25, 0.3) is 16.1 Å². The number of thiophene rings is 1. The smallest absolute Gasteiger partial charge is 0.166 e. The minimum Gasteiger partial charge on any atom is -0.378 e. The van der Waals surface area contributed by atoms with Crippen LogP contribution in [0.5, 0.6) is 0 Å². The van der Waals surface area contributed by atoms with Crippen LogP contribution < -0.4 is 4.90 Å². The van der Waals surface area contributed by atoms with Crippen molar-refractivity contribution in [3.63, 3.8) is 0 Å². The maximum Gasteiger partial charge on any atom is 0.166 e. The molecule has 1 aliphatic carbocycles. The monoisotopic (exact) mass is 340 g/mol. The van der Waals surface area contributed by atoms with Crippen LogP contribution in [-0.2, 0) is 17.6 Å². The number of rotatable bonds is 2. The molecule has 1 fully saturated rings. The molecule has 0 saturated carbocycles. The van der Waals surface area contributed by atoms with E-state index in [2.05, 4.69) is 33.9 Å². The molecule has 3 aromatic heterocycles. The molecule has 0 bridgehead atoms. The van der Waals surface area contributed by atoms with Crippen LogP contribution in [0.4, 0.5) is 5.82 Å². The predicted molar refractivity (Wildman–Crippen MR) is 96.1 cm³/mol. The molecule has 1 saturated heterocycles. The topological polar surface area (TPSA) is 42.7 Å². The number of aromatic nitrogens is 3. The van der Waals surface area contributed by atoms with E-state index in [0.717, 1.165) is 50.5 Å². The lowest BCUT2D eigenvalue weighted by molar-refractivity contribution is 0.122. The maximum absolute atomic E-state index is 5.56. The summed E-state index contributed by atoms with van der Waals surface area (Å²) in [5, 5.41) is 7.02. The van der Waals surface area contributed by atoms with Crippen LogP contribution >= 0.6 is 11.3 Å². The van der Waals surface area contributed by atoms with E-state index in [9.17, 15) is 0 Å². The van der Waals surface area contributed by atoms with Gasteiger partial charge in [0.2, 0.25) is 0 Å². The minimum atomic E-state index is 0.788. The third kappa shape index (κ3) is 2.09. The lowest BCUT2D eigenvalue weighted by Gasteiger charge is -2.30. The molecule has 24 heavy (non-hydrogen) atoms. The van der Waals surface area contributed by atoms with Gasteiger partial charge in [0.1, 0.15) is 5.82 Å². The molecule has 3 aromatic rings. The number of ether oxygens (including phenoxy) is 1. The summed E-state index contributed by atoms with van der Waals surface area (Å²) in [6.45, 7) is 5.53. The summed E-state index contributed by atoms with van der Waals surface area (Å²) in [4.78, 5) is 8.73. The number of hydrogen-bond donors (Lipinski definition) is 0. The van der Waals surface area contributed by atoms with Gasteiger partial charge in [0.05, 0.1) is 24.5 Å². The molecule has 0 aromatic carbocycles. The normalized spacial score (nSPS) is 17.6. The summed E-state index contributed by atoms with van der Waals surface area (Å²) in [5.74, 6) is 1.25. The third-order valence-corrected chi connectivity index (χ3v) is 5.90. The second-order valence-corrected chi connectivity index (χ2v) is 7.43. The molecule has 0 radical (unpaired) electrons. The SMILES string of the molecule is Cc1nn2c(N3CCOCC3)c3c(nc2c1-c1cccs1)CCC3. The fourth-order valence-corrected chi connectivity index (χ4v) is 4.74. The van der Waals surface area contributed by atoms with Crippen molar-refractivity contribution in [3.8, 4) is 10.4 Å². The molecular weight excluding hydrogens is 320 g/mol. The average Bonchev–Trinajstić information content (AvgIpc) is 3.32. The number of aryl methyl sites for hydroxylation is 2. The van der Waals surface area contributed by atoms with Crippen LogP contribution in [0.1, 0.15) is 23.4 Å². The molecule has 124 valence electrons. The van der Waals surface area contributed by atoms with Crippen molar-refractivity contribution in [2.75, 3.05) is 31.2 Å². The number of morpholine rings is 1. The van der Waals surface area contributed by atoms with E-state index in [1.165, 1.54) is 33.9 Å². The highest BCUT2D eigenvalue weighted by molar-refractivity contribution is 7.13. The standard InChI is InChI=1S/C18H20N4OS/c1-12-16(15-6-3-11-24-15)17-19-14-5-2-4-13(14)18(22(17)20-12)21-7-9-23-10-8-21/h3,6,11H,2,4-5,7-10H2,1H3. The highest BCUT2D eigenvalue weighted by Crippen LogP contribution is 2.37. The van der Waals surface area contributed by atoms with Crippen LogP contribution in [0.3, 0.4) is 0 Å². The second-order valence-electron chi connectivity index (χ2n) is 6.49. The number of fused-ring (bicyclic) bond motifs is 2. The summed E-state index contributed by atoms with van der Waals surface area (Å²) in [7, 11) is 0. The second kappa shape index (κ2) is 5.57. The Labute approximate surface area is 144 Å². The van der Waals surface area contributed by atoms with Crippen LogP contribution in [-0.4, -0.2) is 40.9 Å². The van der Waals surface area contributed by atoms with Crippen molar-refractivity contribution in [1.82, 2.24) is 14.6 Å². The van der Waals surface area contributed by atoms with Gasteiger partial charge in [0.15, 0.2) is 5.65 Å². The van der Waals surface area contributed by atoms with Gasteiger partial charge in [-0.1, -0.05) is 6.07 Å². The van der Waals surface area contributed by atoms with Gasteiger partial charge in [-0.2, -0.15) is 9.61 Å². The lowest BCUT2D eigenvalue weighted by atomic mass is 10.2.